The van der Waals surface area contributed by atoms with E-state index in [-0.39, 0.29) is 5.41 Å². The summed E-state index contributed by atoms with van der Waals surface area (Å²) in [5, 5.41) is 10.4. The molecule has 1 atom stereocenters. The second-order valence-electron chi connectivity index (χ2n) is 7.94. The van der Waals surface area contributed by atoms with E-state index in [4.69, 9.17) is 0 Å². The zero-order valence-corrected chi connectivity index (χ0v) is 15.2. The van der Waals surface area contributed by atoms with Gasteiger partial charge in [0.05, 0.1) is 0 Å². The van der Waals surface area contributed by atoms with Crippen molar-refractivity contribution in [2.45, 2.75) is 79.1 Å². The van der Waals surface area contributed by atoms with Crippen molar-refractivity contribution < 1.29 is 5.11 Å². The summed E-state index contributed by atoms with van der Waals surface area (Å²) >= 11 is 0. The molecule has 0 saturated carbocycles. The fraction of sp³-hybridized carbons (Fsp3) is 0.619. The van der Waals surface area contributed by atoms with Gasteiger partial charge in [0.1, 0.15) is 5.75 Å². The maximum absolute atomic E-state index is 10.4. The van der Waals surface area contributed by atoms with Crippen molar-refractivity contribution in [2.75, 3.05) is 0 Å². The van der Waals surface area contributed by atoms with Crippen LogP contribution in [0.1, 0.15) is 77.5 Å². The van der Waals surface area contributed by atoms with E-state index in [0.29, 0.717) is 11.2 Å². The second-order valence-corrected chi connectivity index (χ2v) is 7.94. The predicted molar refractivity (Wildman–Crippen MR) is 95.6 cm³/mol. The minimum absolute atomic E-state index is 0.0780. The van der Waals surface area contributed by atoms with Crippen LogP contribution >= 0.6 is 0 Å². The van der Waals surface area contributed by atoms with Gasteiger partial charge in [-0.3, -0.25) is 0 Å². The lowest BCUT2D eigenvalue weighted by atomic mass is 9.62. The third kappa shape index (κ3) is 3.24. The van der Waals surface area contributed by atoms with Crippen molar-refractivity contribution in [1.82, 2.24) is 0 Å². The average Bonchev–Trinajstić information content (AvgIpc) is 2.45. The molecule has 0 heterocycles. The molecule has 1 unspecified atom stereocenters. The third-order valence-electron chi connectivity index (χ3n) is 5.22. The molecule has 0 aliphatic heterocycles. The molecule has 1 N–H and O–H groups in total. The van der Waals surface area contributed by atoms with Crippen molar-refractivity contribution in [1.29, 1.82) is 0 Å². The zero-order chi connectivity index (χ0) is 16.5. The summed E-state index contributed by atoms with van der Waals surface area (Å²) in [5.41, 5.74) is 5.54. The predicted octanol–water partition coefficient (Wildman–Crippen LogP) is 5.93. The van der Waals surface area contributed by atoms with E-state index in [9.17, 15) is 5.11 Å². The molecule has 0 radical (unpaired) electrons. The summed E-state index contributed by atoms with van der Waals surface area (Å²) in [4.78, 5) is 0. The number of phenolic OH excluding ortho intramolecular Hbond substituents is 1. The first-order valence-electron chi connectivity index (χ1n) is 8.80. The monoisotopic (exact) mass is 300 g/mol. The van der Waals surface area contributed by atoms with E-state index in [1.54, 1.807) is 5.57 Å². The third-order valence-corrected chi connectivity index (χ3v) is 5.22. The summed E-state index contributed by atoms with van der Waals surface area (Å²) < 4.78 is 0. The maximum Gasteiger partial charge on any atom is 0.121 e. The largest absolute Gasteiger partial charge is 0.507 e. The lowest BCUT2D eigenvalue weighted by Crippen LogP contribution is -2.33. The van der Waals surface area contributed by atoms with E-state index in [1.165, 1.54) is 18.4 Å². The molecule has 22 heavy (non-hydrogen) atoms. The minimum Gasteiger partial charge on any atom is -0.507 e. The number of rotatable bonds is 4. The molecule has 2 rings (SSSR count). The zero-order valence-electron chi connectivity index (χ0n) is 15.2. The van der Waals surface area contributed by atoms with Gasteiger partial charge in [-0.1, -0.05) is 65.3 Å². The van der Waals surface area contributed by atoms with Crippen molar-refractivity contribution in [2.24, 2.45) is 5.41 Å². The molecule has 0 fully saturated rings. The Balaban J connectivity index is 2.58. The fourth-order valence-electron chi connectivity index (χ4n) is 4.27. The minimum atomic E-state index is 0.0780. The fourth-order valence-corrected chi connectivity index (χ4v) is 4.27. The number of aryl methyl sites for hydroxylation is 2. The topological polar surface area (TPSA) is 20.2 Å². The van der Waals surface area contributed by atoms with Crippen LogP contribution in [-0.2, 0) is 18.3 Å². The molecule has 1 heteroatoms. The van der Waals surface area contributed by atoms with Crippen LogP contribution in [-0.4, -0.2) is 5.11 Å². The molecule has 122 valence electrons. The van der Waals surface area contributed by atoms with Crippen molar-refractivity contribution in [3.05, 3.63) is 40.5 Å². The molecular weight excluding hydrogens is 268 g/mol. The van der Waals surface area contributed by atoms with Gasteiger partial charge in [0, 0.05) is 5.41 Å². The van der Waals surface area contributed by atoms with Crippen LogP contribution < -0.4 is 0 Å². The molecule has 1 aliphatic rings. The van der Waals surface area contributed by atoms with Crippen LogP contribution in [0.25, 0.3) is 0 Å². The SMILES string of the molecule is CCC1=CC(C)(c2cc(CC)c(O)c(CC)c2)CC(C)(C)C1. The summed E-state index contributed by atoms with van der Waals surface area (Å²) in [6, 6.07) is 4.47. The summed E-state index contributed by atoms with van der Waals surface area (Å²) in [6.45, 7) is 13.7. The Morgan fingerprint density at radius 2 is 1.50 bits per heavy atom. The van der Waals surface area contributed by atoms with Crippen LogP contribution in [0.2, 0.25) is 0 Å². The van der Waals surface area contributed by atoms with Gasteiger partial charge in [0.2, 0.25) is 0 Å². The van der Waals surface area contributed by atoms with Crippen molar-refractivity contribution in [3.63, 3.8) is 0 Å². The van der Waals surface area contributed by atoms with Crippen LogP contribution in [0.15, 0.2) is 23.8 Å². The van der Waals surface area contributed by atoms with E-state index >= 15 is 0 Å². The molecule has 0 aromatic heterocycles. The van der Waals surface area contributed by atoms with Gasteiger partial charge in [-0.2, -0.15) is 0 Å². The van der Waals surface area contributed by atoms with Crippen molar-refractivity contribution in [3.8, 4) is 5.75 Å². The second kappa shape index (κ2) is 6.10. The van der Waals surface area contributed by atoms with E-state index in [0.717, 1.165) is 30.4 Å². The van der Waals surface area contributed by atoms with Gasteiger partial charge >= 0.3 is 0 Å². The number of allylic oxidation sites excluding steroid dienone is 2. The summed E-state index contributed by atoms with van der Waals surface area (Å²) in [6.07, 6.45) is 7.79. The Kier molecular flexibility index (Phi) is 4.75. The molecule has 0 bridgehead atoms. The molecular formula is C21H32O. The standard InChI is InChI=1S/C21H32O/c1-7-15-12-20(4,5)14-21(6,13-15)18-10-16(8-2)19(22)17(9-3)11-18/h10-11,13,22H,7-9,12,14H2,1-6H3. The Morgan fingerprint density at radius 3 is 1.95 bits per heavy atom. The quantitative estimate of drug-likeness (QED) is 0.683. The summed E-state index contributed by atoms with van der Waals surface area (Å²) in [5.74, 6) is 0.507. The highest BCUT2D eigenvalue weighted by Gasteiger charge is 2.37. The molecule has 0 spiro atoms. The normalized spacial score (nSPS) is 24.2. The Labute approximate surface area is 136 Å². The van der Waals surface area contributed by atoms with Gasteiger partial charge in [-0.25, -0.2) is 0 Å². The van der Waals surface area contributed by atoms with Gasteiger partial charge < -0.3 is 5.11 Å². The number of phenols is 1. The number of benzene rings is 1. The molecule has 1 nitrogen and oxygen atoms in total. The maximum atomic E-state index is 10.4. The molecule has 1 aromatic carbocycles. The highest BCUT2D eigenvalue weighted by atomic mass is 16.3. The van der Waals surface area contributed by atoms with E-state index in [1.807, 2.05) is 0 Å². The van der Waals surface area contributed by atoms with Crippen molar-refractivity contribution >= 4 is 0 Å². The van der Waals surface area contributed by atoms with Crippen LogP contribution in [0, 0.1) is 5.41 Å². The first-order chi connectivity index (χ1) is 10.2. The highest BCUT2D eigenvalue weighted by molar-refractivity contribution is 5.48. The number of hydrogen-bond acceptors (Lipinski definition) is 1. The first-order valence-corrected chi connectivity index (χ1v) is 8.80. The smallest absolute Gasteiger partial charge is 0.121 e. The number of aromatic hydroxyl groups is 1. The van der Waals surface area contributed by atoms with Crippen LogP contribution in [0.4, 0.5) is 0 Å². The van der Waals surface area contributed by atoms with E-state index < -0.39 is 0 Å². The van der Waals surface area contributed by atoms with Crippen LogP contribution in [0.3, 0.4) is 0 Å². The Hall–Kier alpha value is -1.24. The lowest BCUT2D eigenvalue weighted by molar-refractivity contribution is 0.250. The molecule has 1 aromatic rings. The molecule has 1 aliphatic carbocycles. The highest BCUT2D eigenvalue weighted by Crippen LogP contribution is 2.48. The summed E-state index contributed by atoms with van der Waals surface area (Å²) in [7, 11) is 0. The van der Waals surface area contributed by atoms with Gasteiger partial charge in [-0.15, -0.1) is 0 Å². The lowest BCUT2D eigenvalue weighted by Gasteiger charge is -2.42. The molecule has 0 amide bonds. The Bertz CT molecular complexity index is 555. The van der Waals surface area contributed by atoms with Gasteiger partial charge in [0.25, 0.3) is 0 Å². The van der Waals surface area contributed by atoms with Gasteiger partial charge in [0.15, 0.2) is 0 Å². The molecule has 0 saturated heterocycles. The first kappa shape index (κ1) is 17.1. The number of hydrogen-bond donors (Lipinski definition) is 1. The Morgan fingerprint density at radius 1 is 0.955 bits per heavy atom. The van der Waals surface area contributed by atoms with Gasteiger partial charge in [-0.05, 0) is 54.2 Å². The van der Waals surface area contributed by atoms with E-state index in [2.05, 4.69) is 59.8 Å². The van der Waals surface area contributed by atoms with Crippen LogP contribution in [0.5, 0.6) is 5.75 Å². The average molecular weight is 300 g/mol.